The quantitative estimate of drug-likeness (QED) is 0.290. The van der Waals surface area contributed by atoms with Crippen molar-refractivity contribution in [2.24, 2.45) is 0 Å². The Kier molecular flexibility index (Phi) is 6.52. The molecular weight excluding hydrogens is 458 g/mol. The monoisotopic (exact) mass is 485 g/mol. The first-order chi connectivity index (χ1) is 17.4. The van der Waals surface area contributed by atoms with Crippen molar-refractivity contribution in [2.75, 3.05) is 13.2 Å². The Morgan fingerprint density at radius 1 is 1.06 bits per heavy atom. The molecule has 8 nitrogen and oxygen atoms in total. The second-order valence-electron chi connectivity index (χ2n) is 8.98. The molecule has 1 aliphatic rings. The van der Waals surface area contributed by atoms with Gasteiger partial charge in [-0.25, -0.2) is 4.79 Å². The van der Waals surface area contributed by atoms with Gasteiger partial charge in [-0.15, -0.1) is 0 Å². The van der Waals surface area contributed by atoms with Gasteiger partial charge in [0.15, 0.2) is 12.3 Å². The van der Waals surface area contributed by atoms with E-state index in [2.05, 4.69) is 9.67 Å². The summed E-state index contributed by atoms with van der Waals surface area (Å²) in [5.41, 5.74) is 2.46. The zero-order chi connectivity index (χ0) is 25.2. The van der Waals surface area contributed by atoms with E-state index >= 15 is 0 Å². The fourth-order valence-electron chi connectivity index (χ4n) is 4.72. The van der Waals surface area contributed by atoms with Gasteiger partial charge in [-0.3, -0.25) is 9.59 Å². The summed E-state index contributed by atoms with van der Waals surface area (Å²) in [6, 6.07) is 17.4. The van der Waals surface area contributed by atoms with E-state index in [0.717, 1.165) is 30.8 Å². The highest BCUT2D eigenvalue weighted by Crippen LogP contribution is 2.21. The number of ketones is 1. The number of rotatable bonds is 7. The van der Waals surface area contributed by atoms with E-state index in [9.17, 15) is 14.4 Å². The van der Waals surface area contributed by atoms with Crippen molar-refractivity contribution in [3.63, 3.8) is 0 Å². The molecule has 1 aliphatic heterocycles. The van der Waals surface area contributed by atoms with Gasteiger partial charge in [-0.1, -0.05) is 36.4 Å². The van der Waals surface area contributed by atoms with E-state index in [1.165, 1.54) is 4.68 Å². The Balaban J connectivity index is 1.39. The largest absolute Gasteiger partial charge is 0.452 e. The minimum Gasteiger partial charge on any atom is -0.452 e. The Morgan fingerprint density at radius 2 is 1.78 bits per heavy atom. The summed E-state index contributed by atoms with van der Waals surface area (Å²) in [7, 11) is 0. The van der Waals surface area contributed by atoms with Crippen LogP contribution in [0.5, 0.6) is 0 Å². The summed E-state index contributed by atoms with van der Waals surface area (Å²) in [6.07, 6.45) is 2.20. The van der Waals surface area contributed by atoms with Crippen molar-refractivity contribution in [3.05, 3.63) is 93.7 Å². The number of nitrogens with zero attached hydrogens (tertiary/aromatic N) is 3. The highest BCUT2D eigenvalue weighted by Gasteiger charge is 2.23. The average molecular weight is 486 g/mol. The Bertz CT molecular complexity index is 1500. The van der Waals surface area contributed by atoms with E-state index < -0.39 is 12.6 Å². The molecule has 1 atom stereocenters. The van der Waals surface area contributed by atoms with Crippen LogP contribution in [0.3, 0.4) is 0 Å². The number of hydrogen-bond donors (Lipinski definition) is 0. The molecule has 0 amide bonds. The summed E-state index contributed by atoms with van der Waals surface area (Å²) < 4.78 is 14.4. The Labute approximate surface area is 208 Å². The first kappa shape index (κ1) is 23.7. The molecular formula is C28H27N3O5. The van der Waals surface area contributed by atoms with Crippen LogP contribution in [0.15, 0.2) is 65.5 Å². The van der Waals surface area contributed by atoms with Crippen molar-refractivity contribution in [2.45, 2.75) is 39.3 Å². The highest BCUT2D eigenvalue weighted by atomic mass is 16.5. The van der Waals surface area contributed by atoms with Gasteiger partial charge < -0.3 is 14.0 Å². The van der Waals surface area contributed by atoms with Gasteiger partial charge in [0, 0.05) is 35.5 Å². The van der Waals surface area contributed by atoms with E-state index in [0.29, 0.717) is 28.6 Å². The molecule has 184 valence electrons. The summed E-state index contributed by atoms with van der Waals surface area (Å²) in [5.74, 6) is -1.06. The molecule has 0 unspecified atom stereocenters. The molecule has 3 heterocycles. The molecule has 1 fully saturated rings. The molecule has 0 radical (unpaired) electrons. The maximum Gasteiger partial charge on any atom is 0.359 e. The van der Waals surface area contributed by atoms with Crippen molar-refractivity contribution in [3.8, 4) is 5.69 Å². The van der Waals surface area contributed by atoms with E-state index in [1.807, 2.05) is 26.0 Å². The van der Waals surface area contributed by atoms with Crippen LogP contribution in [0.1, 0.15) is 45.1 Å². The summed E-state index contributed by atoms with van der Waals surface area (Å²) in [5, 5.41) is 5.03. The molecule has 4 aromatic rings. The van der Waals surface area contributed by atoms with Crippen LogP contribution in [0.4, 0.5) is 0 Å². The molecule has 2 aromatic heterocycles. The van der Waals surface area contributed by atoms with Crippen molar-refractivity contribution in [1.29, 1.82) is 0 Å². The normalized spacial score (nSPS) is 15.3. The van der Waals surface area contributed by atoms with Crippen LogP contribution in [0.2, 0.25) is 0 Å². The van der Waals surface area contributed by atoms with Gasteiger partial charge in [-0.05, 0) is 51.0 Å². The summed E-state index contributed by atoms with van der Waals surface area (Å²) in [6.45, 7) is 4.88. The van der Waals surface area contributed by atoms with Gasteiger partial charge in [0.2, 0.25) is 5.78 Å². The van der Waals surface area contributed by atoms with Crippen LogP contribution in [-0.2, 0) is 16.0 Å². The van der Waals surface area contributed by atoms with Crippen molar-refractivity contribution in [1.82, 2.24) is 14.3 Å². The van der Waals surface area contributed by atoms with Gasteiger partial charge in [0.05, 0.1) is 17.2 Å². The minimum atomic E-state index is -0.766. The second-order valence-corrected chi connectivity index (χ2v) is 8.98. The number of esters is 1. The molecule has 5 rings (SSSR count). The molecule has 0 aliphatic carbocycles. The lowest BCUT2D eigenvalue weighted by Gasteiger charge is -2.14. The molecule has 0 saturated carbocycles. The predicted molar refractivity (Wildman–Crippen MR) is 135 cm³/mol. The maximum atomic E-state index is 13.1. The topological polar surface area (TPSA) is 92.4 Å². The molecule has 36 heavy (non-hydrogen) atoms. The number of ether oxygens (including phenoxy) is 2. The first-order valence-electron chi connectivity index (χ1n) is 12.0. The SMILES string of the molecule is Cc1cc(C(=O)COC(=O)c2nn(-c3ccccc3)c(=O)c3ccccc23)c(C)n1C[C@H]1CCCO1. The fraction of sp³-hybridized carbons (Fsp3) is 0.286. The molecule has 0 spiro atoms. The molecule has 8 heteroatoms. The van der Waals surface area contributed by atoms with Gasteiger partial charge in [-0.2, -0.15) is 9.78 Å². The van der Waals surface area contributed by atoms with Crippen LogP contribution < -0.4 is 5.56 Å². The van der Waals surface area contributed by atoms with Crippen LogP contribution in [-0.4, -0.2) is 45.4 Å². The average Bonchev–Trinajstić information content (AvgIpc) is 3.52. The highest BCUT2D eigenvalue weighted by molar-refractivity contribution is 6.04. The molecule has 1 saturated heterocycles. The minimum absolute atomic E-state index is 0.0225. The number of carbonyl (C=O) groups is 2. The number of carbonyl (C=O) groups excluding carboxylic acids is 2. The zero-order valence-electron chi connectivity index (χ0n) is 20.3. The van der Waals surface area contributed by atoms with Crippen molar-refractivity contribution < 1.29 is 19.1 Å². The molecule has 0 bridgehead atoms. The third kappa shape index (κ3) is 4.47. The lowest BCUT2D eigenvalue weighted by molar-refractivity contribution is 0.0469. The summed E-state index contributed by atoms with van der Waals surface area (Å²) >= 11 is 0. The summed E-state index contributed by atoms with van der Waals surface area (Å²) in [4.78, 5) is 39.1. The number of benzene rings is 2. The number of aromatic nitrogens is 3. The number of Topliss-reactive ketones (excluding diaryl/α,β-unsaturated/α-hetero) is 1. The lowest BCUT2D eigenvalue weighted by atomic mass is 10.1. The second kappa shape index (κ2) is 9.91. The number of para-hydroxylation sites is 1. The van der Waals surface area contributed by atoms with Gasteiger partial charge in [0.1, 0.15) is 0 Å². The van der Waals surface area contributed by atoms with Crippen LogP contribution >= 0.6 is 0 Å². The number of hydrogen-bond acceptors (Lipinski definition) is 6. The van der Waals surface area contributed by atoms with E-state index in [-0.39, 0.29) is 23.1 Å². The maximum absolute atomic E-state index is 13.1. The van der Waals surface area contributed by atoms with Crippen LogP contribution in [0, 0.1) is 13.8 Å². The Morgan fingerprint density at radius 3 is 2.50 bits per heavy atom. The van der Waals surface area contributed by atoms with Crippen LogP contribution in [0.25, 0.3) is 16.5 Å². The first-order valence-corrected chi connectivity index (χ1v) is 12.0. The third-order valence-electron chi connectivity index (χ3n) is 6.62. The predicted octanol–water partition coefficient (Wildman–Crippen LogP) is 4.02. The lowest BCUT2D eigenvalue weighted by Crippen LogP contribution is -2.26. The van der Waals surface area contributed by atoms with Gasteiger partial charge >= 0.3 is 5.97 Å². The van der Waals surface area contributed by atoms with E-state index in [4.69, 9.17) is 9.47 Å². The number of aryl methyl sites for hydroxylation is 1. The van der Waals surface area contributed by atoms with Gasteiger partial charge in [0.25, 0.3) is 5.56 Å². The smallest absolute Gasteiger partial charge is 0.359 e. The molecule has 2 aromatic carbocycles. The standard InChI is InChI=1S/C28H27N3O5/c1-18-15-24(19(2)30(18)16-21-11-8-14-35-21)25(32)17-36-28(34)26-22-12-6-7-13-23(22)27(33)31(29-26)20-9-4-3-5-10-20/h3-7,9-10,12-13,15,21H,8,11,14,16-17H2,1-2H3/t21-/m1/s1. The Hall–Kier alpha value is -4.04. The van der Waals surface area contributed by atoms with Crippen molar-refractivity contribution >= 4 is 22.5 Å². The fourth-order valence-corrected chi connectivity index (χ4v) is 4.72. The van der Waals surface area contributed by atoms with E-state index in [1.54, 1.807) is 48.5 Å². The molecule has 0 N–H and O–H groups in total. The number of fused-ring (bicyclic) bond motifs is 1. The zero-order valence-corrected chi connectivity index (χ0v) is 20.3. The third-order valence-corrected chi connectivity index (χ3v) is 6.62.